The molecule has 86 valence electrons. The van der Waals surface area contributed by atoms with E-state index in [9.17, 15) is 13.5 Å². The summed E-state index contributed by atoms with van der Waals surface area (Å²) in [6.45, 7) is 3.12. The van der Waals surface area contributed by atoms with Crippen molar-refractivity contribution in [2.45, 2.75) is 24.5 Å². The van der Waals surface area contributed by atoms with Crippen LogP contribution in [0.5, 0.6) is 0 Å². The number of likely N-dealkylation sites (N-methyl/N-ethyl adjacent to an activating group) is 1. The summed E-state index contributed by atoms with van der Waals surface area (Å²) in [5.74, 6) is 0. The Morgan fingerprint density at radius 1 is 1.60 bits per heavy atom. The number of rotatable bonds is 4. The lowest BCUT2D eigenvalue weighted by molar-refractivity contribution is 0.0639. The molecule has 0 atom stereocenters. The molecule has 0 amide bonds. The van der Waals surface area contributed by atoms with Crippen LogP contribution in [0.1, 0.15) is 13.8 Å². The van der Waals surface area contributed by atoms with Crippen molar-refractivity contribution < 1.29 is 13.5 Å². The van der Waals surface area contributed by atoms with Gasteiger partial charge < -0.3 is 5.11 Å². The van der Waals surface area contributed by atoms with Crippen LogP contribution in [0.4, 0.5) is 0 Å². The van der Waals surface area contributed by atoms with Crippen LogP contribution in [0.15, 0.2) is 17.3 Å². The predicted molar refractivity (Wildman–Crippen MR) is 54.7 cm³/mol. The Hall–Kier alpha value is -0.920. The van der Waals surface area contributed by atoms with Gasteiger partial charge in [0.25, 0.3) is 10.0 Å². The van der Waals surface area contributed by atoms with Crippen molar-refractivity contribution in [3.8, 4) is 0 Å². The molecule has 1 aromatic heterocycles. The van der Waals surface area contributed by atoms with E-state index in [0.29, 0.717) is 0 Å². The first-order chi connectivity index (χ1) is 6.73. The lowest BCUT2D eigenvalue weighted by atomic mass is 10.1. The van der Waals surface area contributed by atoms with E-state index in [4.69, 9.17) is 0 Å². The third-order valence-electron chi connectivity index (χ3n) is 1.77. The SMILES string of the molecule is CN(CC(C)(C)O)S(=O)(=O)c1ccn[nH]1. The Morgan fingerprint density at radius 3 is 2.60 bits per heavy atom. The number of H-pyrrole nitrogens is 1. The molecule has 0 radical (unpaired) electrons. The number of sulfonamides is 1. The first kappa shape index (κ1) is 12.2. The molecule has 2 N–H and O–H groups in total. The Bertz CT molecular complexity index is 405. The normalized spacial score (nSPS) is 13.4. The van der Waals surface area contributed by atoms with Gasteiger partial charge in [-0.25, -0.2) is 8.42 Å². The van der Waals surface area contributed by atoms with Gasteiger partial charge in [0.05, 0.1) is 11.8 Å². The highest BCUT2D eigenvalue weighted by Crippen LogP contribution is 2.13. The van der Waals surface area contributed by atoms with Crippen LogP contribution >= 0.6 is 0 Å². The summed E-state index contributed by atoms with van der Waals surface area (Å²) < 4.78 is 24.7. The largest absolute Gasteiger partial charge is 0.389 e. The van der Waals surface area contributed by atoms with Crippen LogP contribution in [0.2, 0.25) is 0 Å². The summed E-state index contributed by atoms with van der Waals surface area (Å²) in [6.07, 6.45) is 1.37. The van der Waals surface area contributed by atoms with Gasteiger partial charge >= 0.3 is 0 Å². The van der Waals surface area contributed by atoms with Crippen LogP contribution in [0, 0.1) is 0 Å². The highest BCUT2D eigenvalue weighted by molar-refractivity contribution is 7.89. The standard InChI is InChI=1S/C8H15N3O3S/c1-8(2,12)6-11(3)15(13,14)7-4-5-9-10-7/h4-5,12H,6H2,1-3H3,(H,9,10). The molecule has 1 heterocycles. The third-order valence-corrected chi connectivity index (χ3v) is 3.51. The fourth-order valence-corrected chi connectivity index (χ4v) is 2.41. The Balaban J connectivity index is 2.89. The van der Waals surface area contributed by atoms with Crippen molar-refractivity contribution in [2.24, 2.45) is 0 Å². The highest BCUT2D eigenvalue weighted by atomic mass is 32.2. The quantitative estimate of drug-likeness (QED) is 0.754. The average Bonchev–Trinajstić information content (AvgIpc) is 2.52. The molecule has 0 bridgehead atoms. The van der Waals surface area contributed by atoms with E-state index in [-0.39, 0.29) is 11.6 Å². The lowest BCUT2D eigenvalue weighted by Gasteiger charge is -2.24. The number of nitrogens with zero attached hydrogens (tertiary/aromatic N) is 2. The van der Waals surface area contributed by atoms with E-state index in [1.165, 1.54) is 19.3 Å². The maximum absolute atomic E-state index is 11.8. The van der Waals surface area contributed by atoms with Crippen molar-refractivity contribution >= 4 is 10.0 Å². The summed E-state index contributed by atoms with van der Waals surface area (Å²) in [4.78, 5) is 0. The molecule has 6 nitrogen and oxygen atoms in total. The van der Waals surface area contributed by atoms with Gasteiger partial charge in [0.1, 0.15) is 0 Å². The van der Waals surface area contributed by atoms with Gasteiger partial charge in [-0.15, -0.1) is 0 Å². The summed E-state index contributed by atoms with van der Waals surface area (Å²) in [6, 6.07) is 1.37. The number of aromatic amines is 1. The second-order valence-electron chi connectivity index (χ2n) is 3.99. The summed E-state index contributed by atoms with van der Waals surface area (Å²) in [5.41, 5.74) is -1.07. The summed E-state index contributed by atoms with van der Waals surface area (Å²) in [5, 5.41) is 15.5. The van der Waals surface area contributed by atoms with Gasteiger partial charge in [0.2, 0.25) is 0 Å². The van der Waals surface area contributed by atoms with Crippen molar-refractivity contribution in [1.29, 1.82) is 0 Å². The Morgan fingerprint density at radius 2 is 2.20 bits per heavy atom. The number of hydrogen-bond acceptors (Lipinski definition) is 4. The molecule has 0 aliphatic rings. The van der Waals surface area contributed by atoms with Gasteiger partial charge in [-0.3, -0.25) is 5.10 Å². The van der Waals surface area contributed by atoms with Crippen molar-refractivity contribution in [1.82, 2.24) is 14.5 Å². The monoisotopic (exact) mass is 233 g/mol. The third kappa shape index (κ3) is 3.01. The molecule has 0 aliphatic carbocycles. The second kappa shape index (κ2) is 3.92. The zero-order valence-electron chi connectivity index (χ0n) is 8.93. The molecule has 15 heavy (non-hydrogen) atoms. The predicted octanol–water partition coefficient (Wildman–Crippen LogP) is -0.199. The van der Waals surface area contributed by atoms with E-state index in [2.05, 4.69) is 10.2 Å². The lowest BCUT2D eigenvalue weighted by Crippen LogP contribution is -2.39. The molecule has 1 rings (SSSR count). The summed E-state index contributed by atoms with van der Waals surface area (Å²) >= 11 is 0. The van der Waals surface area contributed by atoms with E-state index < -0.39 is 15.6 Å². The van der Waals surface area contributed by atoms with Crippen LogP contribution in [-0.2, 0) is 10.0 Å². The molecule has 1 aromatic rings. The van der Waals surface area contributed by atoms with Crippen LogP contribution in [0.25, 0.3) is 0 Å². The molecule has 0 saturated heterocycles. The zero-order chi connectivity index (χ0) is 11.7. The van der Waals surface area contributed by atoms with E-state index in [1.807, 2.05) is 0 Å². The maximum atomic E-state index is 11.8. The second-order valence-corrected chi connectivity index (χ2v) is 6.01. The number of nitrogens with one attached hydrogen (secondary N) is 1. The highest BCUT2D eigenvalue weighted by Gasteiger charge is 2.27. The summed E-state index contributed by atoms with van der Waals surface area (Å²) in [7, 11) is -2.16. The minimum absolute atomic E-state index is 0.0222. The molecule has 0 aromatic carbocycles. The molecule has 0 aliphatic heterocycles. The maximum Gasteiger partial charge on any atom is 0.259 e. The fourth-order valence-electron chi connectivity index (χ4n) is 1.18. The van der Waals surface area contributed by atoms with Crippen LogP contribution in [0.3, 0.4) is 0 Å². The fraction of sp³-hybridized carbons (Fsp3) is 0.625. The first-order valence-electron chi connectivity index (χ1n) is 4.41. The minimum Gasteiger partial charge on any atom is -0.389 e. The van der Waals surface area contributed by atoms with Gasteiger partial charge in [-0.2, -0.15) is 9.40 Å². The van der Waals surface area contributed by atoms with Crippen molar-refractivity contribution in [3.05, 3.63) is 12.3 Å². The Labute approximate surface area is 89.0 Å². The topological polar surface area (TPSA) is 86.3 Å². The molecule has 0 fully saturated rings. The van der Waals surface area contributed by atoms with Crippen molar-refractivity contribution in [3.63, 3.8) is 0 Å². The number of hydrogen-bond donors (Lipinski definition) is 2. The van der Waals surface area contributed by atoms with E-state index >= 15 is 0 Å². The van der Waals surface area contributed by atoms with Crippen molar-refractivity contribution in [2.75, 3.05) is 13.6 Å². The van der Waals surface area contributed by atoms with E-state index in [0.717, 1.165) is 4.31 Å². The van der Waals surface area contributed by atoms with Gasteiger partial charge in [-0.1, -0.05) is 0 Å². The smallest absolute Gasteiger partial charge is 0.259 e. The molecule has 0 spiro atoms. The molecule has 7 heteroatoms. The molecule has 0 saturated carbocycles. The van der Waals surface area contributed by atoms with Gasteiger partial charge in [0, 0.05) is 13.6 Å². The Kier molecular flexibility index (Phi) is 3.17. The van der Waals surface area contributed by atoms with Crippen LogP contribution < -0.4 is 0 Å². The van der Waals surface area contributed by atoms with Gasteiger partial charge in [0.15, 0.2) is 5.03 Å². The van der Waals surface area contributed by atoms with E-state index in [1.54, 1.807) is 13.8 Å². The average molecular weight is 233 g/mol. The van der Waals surface area contributed by atoms with Gasteiger partial charge in [-0.05, 0) is 19.9 Å². The van der Waals surface area contributed by atoms with Crippen LogP contribution in [-0.4, -0.2) is 47.2 Å². The zero-order valence-corrected chi connectivity index (χ0v) is 9.74. The number of aromatic nitrogens is 2. The first-order valence-corrected chi connectivity index (χ1v) is 5.85. The number of aliphatic hydroxyl groups is 1. The molecular formula is C8H15N3O3S. The molecular weight excluding hydrogens is 218 g/mol. The molecule has 0 unspecified atom stereocenters. The minimum atomic E-state index is -3.57.